The highest BCUT2D eigenvalue weighted by Crippen LogP contribution is 2.32. The van der Waals surface area contributed by atoms with Gasteiger partial charge in [-0.2, -0.15) is 0 Å². The Balaban J connectivity index is 2.19. The minimum Gasteiger partial charge on any atom is -0.381 e. The summed E-state index contributed by atoms with van der Waals surface area (Å²) in [5, 5.41) is 6.59. The van der Waals surface area contributed by atoms with Crippen LogP contribution in [0.15, 0.2) is 18.2 Å². The molecule has 1 atom stereocenters. The zero-order valence-electron chi connectivity index (χ0n) is 12.1. The van der Waals surface area contributed by atoms with E-state index >= 15 is 0 Å². The van der Waals surface area contributed by atoms with Crippen LogP contribution in [0.1, 0.15) is 45.6 Å². The van der Waals surface area contributed by atoms with Crippen LogP contribution in [0.25, 0.3) is 0 Å². The van der Waals surface area contributed by atoms with Gasteiger partial charge in [0.1, 0.15) is 0 Å². The van der Waals surface area contributed by atoms with E-state index in [1.165, 1.54) is 5.56 Å². The molecule has 2 N–H and O–H groups in total. The SMILES string of the molecule is CCC(CC)C(=O)Nc1cccc2c1NC(C)CC2. The van der Waals surface area contributed by atoms with Crippen LogP contribution in [0.4, 0.5) is 11.4 Å². The molecule has 0 aliphatic carbocycles. The lowest BCUT2D eigenvalue weighted by Gasteiger charge is -2.27. The average Bonchev–Trinajstić information content (AvgIpc) is 2.41. The molecule has 0 radical (unpaired) electrons. The van der Waals surface area contributed by atoms with Crippen molar-refractivity contribution in [2.24, 2.45) is 5.92 Å². The van der Waals surface area contributed by atoms with E-state index in [1.54, 1.807) is 0 Å². The van der Waals surface area contributed by atoms with Crippen LogP contribution in [0.3, 0.4) is 0 Å². The summed E-state index contributed by atoms with van der Waals surface area (Å²) in [5.74, 6) is 0.246. The topological polar surface area (TPSA) is 41.1 Å². The van der Waals surface area contributed by atoms with Crippen molar-refractivity contribution in [1.82, 2.24) is 0 Å². The molecule has 104 valence electrons. The summed E-state index contributed by atoms with van der Waals surface area (Å²) < 4.78 is 0. The Morgan fingerprint density at radius 1 is 1.42 bits per heavy atom. The number of anilines is 2. The first-order valence-corrected chi connectivity index (χ1v) is 7.35. The standard InChI is InChI=1S/C16H24N2O/c1-4-12(5-2)16(19)18-14-8-6-7-13-10-9-11(3)17-15(13)14/h6-8,11-12,17H,4-5,9-10H2,1-3H3,(H,18,19). The van der Waals surface area contributed by atoms with Crippen LogP contribution < -0.4 is 10.6 Å². The van der Waals surface area contributed by atoms with Gasteiger partial charge < -0.3 is 10.6 Å². The third kappa shape index (κ3) is 3.09. The van der Waals surface area contributed by atoms with E-state index < -0.39 is 0 Å². The van der Waals surface area contributed by atoms with Crippen molar-refractivity contribution < 1.29 is 4.79 Å². The molecular weight excluding hydrogens is 236 g/mol. The number of fused-ring (bicyclic) bond motifs is 1. The molecule has 1 aliphatic heterocycles. The average molecular weight is 260 g/mol. The fourth-order valence-electron chi connectivity index (χ4n) is 2.67. The van der Waals surface area contributed by atoms with Crippen LogP contribution in [-0.2, 0) is 11.2 Å². The Kier molecular flexibility index (Phi) is 4.46. The molecule has 3 heteroatoms. The van der Waals surface area contributed by atoms with Crippen LogP contribution >= 0.6 is 0 Å². The molecular formula is C16H24N2O. The van der Waals surface area contributed by atoms with E-state index in [9.17, 15) is 4.79 Å². The second kappa shape index (κ2) is 6.09. The summed E-state index contributed by atoms with van der Waals surface area (Å²) in [5.41, 5.74) is 3.35. The van der Waals surface area contributed by atoms with Gasteiger partial charge in [-0.1, -0.05) is 26.0 Å². The van der Waals surface area contributed by atoms with Crippen molar-refractivity contribution in [2.45, 2.75) is 52.5 Å². The molecule has 1 aliphatic rings. The minimum absolute atomic E-state index is 0.108. The van der Waals surface area contributed by atoms with Crippen molar-refractivity contribution in [3.8, 4) is 0 Å². The van der Waals surface area contributed by atoms with E-state index in [1.807, 2.05) is 12.1 Å². The number of para-hydroxylation sites is 1. The minimum atomic E-state index is 0.108. The molecule has 0 aromatic heterocycles. The number of nitrogens with one attached hydrogen (secondary N) is 2. The number of rotatable bonds is 4. The molecule has 19 heavy (non-hydrogen) atoms. The van der Waals surface area contributed by atoms with Gasteiger partial charge in [0, 0.05) is 12.0 Å². The summed E-state index contributed by atoms with van der Waals surface area (Å²) in [6.07, 6.45) is 4.01. The van der Waals surface area contributed by atoms with Crippen LogP contribution in [0.5, 0.6) is 0 Å². The Labute approximate surface area is 115 Å². The highest BCUT2D eigenvalue weighted by Gasteiger charge is 2.20. The zero-order valence-corrected chi connectivity index (χ0v) is 12.1. The van der Waals surface area contributed by atoms with E-state index in [2.05, 4.69) is 37.5 Å². The first-order chi connectivity index (χ1) is 9.15. The number of hydrogen-bond acceptors (Lipinski definition) is 2. The fourth-order valence-corrected chi connectivity index (χ4v) is 2.67. The molecule has 0 fully saturated rings. The lowest BCUT2D eigenvalue weighted by atomic mass is 9.97. The molecule has 1 unspecified atom stereocenters. The fraction of sp³-hybridized carbons (Fsp3) is 0.562. The van der Waals surface area contributed by atoms with Crippen molar-refractivity contribution in [1.29, 1.82) is 0 Å². The monoisotopic (exact) mass is 260 g/mol. The maximum Gasteiger partial charge on any atom is 0.227 e. The van der Waals surface area contributed by atoms with Crippen molar-refractivity contribution in [2.75, 3.05) is 10.6 Å². The smallest absolute Gasteiger partial charge is 0.227 e. The molecule has 0 saturated carbocycles. The number of hydrogen-bond donors (Lipinski definition) is 2. The molecule has 1 aromatic rings. The third-order valence-electron chi connectivity index (χ3n) is 4.00. The number of benzene rings is 1. The van der Waals surface area contributed by atoms with E-state index in [4.69, 9.17) is 0 Å². The molecule has 1 amide bonds. The molecule has 0 saturated heterocycles. The summed E-state index contributed by atoms with van der Waals surface area (Å²) in [4.78, 5) is 12.2. The number of amides is 1. The number of carbonyl (C=O) groups excluding carboxylic acids is 1. The van der Waals surface area contributed by atoms with Crippen molar-refractivity contribution >= 4 is 17.3 Å². The van der Waals surface area contributed by atoms with Crippen molar-refractivity contribution in [3.05, 3.63) is 23.8 Å². The predicted molar refractivity (Wildman–Crippen MR) is 80.5 cm³/mol. The lowest BCUT2D eigenvalue weighted by Crippen LogP contribution is -2.26. The summed E-state index contributed by atoms with van der Waals surface area (Å²) in [6, 6.07) is 6.63. The number of carbonyl (C=O) groups is 1. The number of aryl methyl sites for hydroxylation is 1. The maximum absolute atomic E-state index is 12.2. The Morgan fingerprint density at radius 3 is 2.84 bits per heavy atom. The lowest BCUT2D eigenvalue weighted by molar-refractivity contribution is -0.120. The highest BCUT2D eigenvalue weighted by atomic mass is 16.1. The van der Waals surface area contributed by atoms with Crippen LogP contribution in [0, 0.1) is 5.92 Å². The van der Waals surface area contributed by atoms with Gasteiger partial charge in [-0.05, 0) is 44.2 Å². The van der Waals surface area contributed by atoms with Gasteiger partial charge in [-0.15, -0.1) is 0 Å². The second-order valence-corrected chi connectivity index (χ2v) is 5.43. The second-order valence-electron chi connectivity index (χ2n) is 5.43. The Hall–Kier alpha value is -1.51. The first-order valence-electron chi connectivity index (χ1n) is 7.35. The highest BCUT2D eigenvalue weighted by molar-refractivity contribution is 5.96. The van der Waals surface area contributed by atoms with Gasteiger partial charge in [-0.25, -0.2) is 0 Å². The Morgan fingerprint density at radius 2 is 2.16 bits per heavy atom. The quantitative estimate of drug-likeness (QED) is 0.864. The third-order valence-corrected chi connectivity index (χ3v) is 4.00. The van der Waals surface area contributed by atoms with E-state index in [0.29, 0.717) is 6.04 Å². The molecule has 3 nitrogen and oxygen atoms in total. The maximum atomic E-state index is 12.2. The first kappa shape index (κ1) is 13.9. The van der Waals surface area contributed by atoms with Gasteiger partial charge in [0.25, 0.3) is 0 Å². The Bertz CT molecular complexity index is 452. The largest absolute Gasteiger partial charge is 0.381 e. The molecule has 0 bridgehead atoms. The predicted octanol–water partition coefficient (Wildman–Crippen LogP) is 3.81. The summed E-state index contributed by atoms with van der Waals surface area (Å²) in [7, 11) is 0. The van der Waals surface area contributed by atoms with Gasteiger partial charge >= 0.3 is 0 Å². The van der Waals surface area contributed by atoms with Crippen molar-refractivity contribution in [3.63, 3.8) is 0 Å². The van der Waals surface area contributed by atoms with Gasteiger partial charge in [0.2, 0.25) is 5.91 Å². The molecule has 0 spiro atoms. The molecule has 2 rings (SSSR count). The summed E-state index contributed by atoms with van der Waals surface area (Å²) >= 11 is 0. The van der Waals surface area contributed by atoms with Crippen LogP contribution in [-0.4, -0.2) is 11.9 Å². The van der Waals surface area contributed by atoms with Gasteiger partial charge in [0.15, 0.2) is 0 Å². The molecule has 1 heterocycles. The molecule has 1 aromatic carbocycles. The van der Waals surface area contributed by atoms with Crippen LogP contribution in [0.2, 0.25) is 0 Å². The van der Waals surface area contributed by atoms with Gasteiger partial charge in [-0.3, -0.25) is 4.79 Å². The van der Waals surface area contributed by atoms with Gasteiger partial charge in [0.05, 0.1) is 11.4 Å². The summed E-state index contributed by atoms with van der Waals surface area (Å²) in [6.45, 7) is 6.31. The van der Waals surface area contributed by atoms with E-state index in [-0.39, 0.29) is 11.8 Å². The zero-order chi connectivity index (χ0) is 13.8. The normalized spacial score (nSPS) is 17.8. The van der Waals surface area contributed by atoms with E-state index in [0.717, 1.165) is 37.1 Å².